The number of fused-ring (bicyclic) bond motifs is 1. The van der Waals surface area contributed by atoms with Crippen molar-refractivity contribution in [3.63, 3.8) is 0 Å². The largest absolute Gasteiger partial charge is 0.493 e. The molecule has 1 aliphatic heterocycles. The summed E-state index contributed by atoms with van der Waals surface area (Å²) in [6.45, 7) is 5.59. The van der Waals surface area contributed by atoms with E-state index >= 15 is 0 Å². The van der Waals surface area contributed by atoms with Crippen molar-refractivity contribution in [2.75, 3.05) is 13.7 Å². The quantitative estimate of drug-likeness (QED) is 0.190. The van der Waals surface area contributed by atoms with E-state index in [4.69, 9.17) is 25.8 Å². The highest BCUT2D eigenvalue weighted by Crippen LogP contribution is 2.36. The minimum Gasteiger partial charge on any atom is -0.493 e. The van der Waals surface area contributed by atoms with Crippen LogP contribution in [-0.2, 0) is 16.1 Å². The van der Waals surface area contributed by atoms with Crippen molar-refractivity contribution in [3.05, 3.63) is 138 Å². The second-order valence-corrected chi connectivity index (χ2v) is 10.7. The summed E-state index contributed by atoms with van der Waals surface area (Å²) in [6, 6.07) is 18.3. The lowest BCUT2D eigenvalue weighted by Gasteiger charge is -2.25. The molecule has 42 heavy (non-hydrogen) atoms. The SMILES string of the molecule is C=CCOC(=O)C1=C(C)N=c2s/c(=C\c3c(F)cccc3Cl)c(=O)n2C1c1ccc(OCc2ccccc2)c(OC)c1. The molecule has 1 aliphatic rings. The van der Waals surface area contributed by atoms with E-state index in [-0.39, 0.29) is 27.3 Å². The molecular formula is C32H26ClFN2O5S. The second kappa shape index (κ2) is 12.6. The van der Waals surface area contributed by atoms with Gasteiger partial charge in [0.2, 0.25) is 0 Å². The summed E-state index contributed by atoms with van der Waals surface area (Å²) >= 11 is 7.30. The number of ether oxygens (including phenoxy) is 3. The van der Waals surface area contributed by atoms with E-state index in [9.17, 15) is 14.0 Å². The summed E-state index contributed by atoms with van der Waals surface area (Å²) < 4.78 is 33.2. The molecule has 2 heterocycles. The van der Waals surface area contributed by atoms with Gasteiger partial charge in [0.05, 0.1) is 34.0 Å². The number of nitrogens with zero attached hydrogens (tertiary/aromatic N) is 2. The van der Waals surface area contributed by atoms with Gasteiger partial charge in [0, 0.05) is 5.56 Å². The number of rotatable bonds is 9. The number of aromatic nitrogens is 1. The Morgan fingerprint density at radius 2 is 1.93 bits per heavy atom. The van der Waals surface area contributed by atoms with Gasteiger partial charge in [-0.3, -0.25) is 9.36 Å². The van der Waals surface area contributed by atoms with E-state index in [2.05, 4.69) is 11.6 Å². The lowest BCUT2D eigenvalue weighted by atomic mass is 9.95. The molecule has 3 aromatic carbocycles. The van der Waals surface area contributed by atoms with Gasteiger partial charge < -0.3 is 14.2 Å². The molecule has 4 aromatic rings. The van der Waals surface area contributed by atoms with Crippen LogP contribution in [0.3, 0.4) is 0 Å². The van der Waals surface area contributed by atoms with Crippen LogP contribution in [0.15, 0.2) is 100 Å². The van der Waals surface area contributed by atoms with Crippen molar-refractivity contribution in [2.45, 2.75) is 19.6 Å². The zero-order valence-corrected chi connectivity index (χ0v) is 24.4. The molecule has 1 unspecified atom stereocenters. The highest BCUT2D eigenvalue weighted by Gasteiger charge is 2.34. The van der Waals surface area contributed by atoms with Gasteiger partial charge in [-0.1, -0.05) is 78.1 Å². The minimum atomic E-state index is -0.908. The smallest absolute Gasteiger partial charge is 0.338 e. The number of carbonyl (C=O) groups excluding carboxylic acids is 1. The first-order valence-electron chi connectivity index (χ1n) is 12.9. The fourth-order valence-corrected chi connectivity index (χ4v) is 5.84. The number of benzene rings is 3. The fraction of sp³-hybridized carbons (Fsp3) is 0.156. The zero-order chi connectivity index (χ0) is 29.8. The van der Waals surface area contributed by atoms with Gasteiger partial charge in [0.1, 0.15) is 19.0 Å². The molecule has 214 valence electrons. The lowest BCUT2D eigenvalue weighted by Crippen LogP contribution is -2.40. The first-order chi connectivity index (χ1) is 20.3. The number of carbonyl (C=O) groups is 1. The molecule has 5 rings (SSSR count). The van der Waals surface area contributed by atoms with Crippen molar-refractivity contribution in [1.29, 1.82) is 0 Å². The molecule has 1 aromatic heterocycles. The van der Waals surface area contributed by atoms with Gasteiger partial charge in [0.15, 0.2) is 16.3 Å². The molecule has 0 saturated heterocycles. The summed E-state index contributed by atoms with van der Waals surface area (Å²) in [6.07, 6.45) is 2.85. The fourth-order valence-electron chi connectivity index (χ4n) is 4.60. The lowest BCUT2D eigenvalue weighted by molar-refractivity contribution is -0.138. The summed E-state index contributed by atoms with van der Waals surface area (Å²) in [7, 11) is 1.51. The Bertz CT molecular complexity index is 1860. The van der Waals surface area contributed by atoms with Gasteiger partial charge in [0.25, 0.3) is 5.56 Å². The van der Waals surface area contributed by atoms with Gasteiger partial charge in [-0.15, -0.1) is 0 Å². The van der Waals surface area contributed by atoms with Crippen molar-refractivity contribution in [1.82, 2.24) is 4.57 Å². The Labute approximate surface area is 250 Å². The van der Waals surface area contributed by atoms with Gasteiger partial charge in [-0.2, -0.15) is 0 Å². The number of esters is 1. The Kier molecular flexibility index (Phi) is 8.70. The van der Waals surface area contributed by atoms with Crippen LogP contribution >= 0.6 is 22.9 Å². The molecule has 0 amide bonds. The molecule has 0 saturated carbocycles. The van der Waals surface area contributed by atoms with Crippen LogP contribution in [0.2, 0.25) is 5.02 Å². The first kappa shape index (κ1) is 29.0. The topological polar surface area (TPSA) is 79.1 Å². The molecule has 0 fully saturated rings. The molecule has 1 atom stereocenters. The third-order valence-electron chi connectivity index (χ3n) is 6.59. The number of thiazole rings is 1. The van der Waals surface area contributed by atoms with E-state index in [1.165, 1.54) is 36.0 Å². The second-order valence-electron chi connectivity index (χ2n) is 9.29. The van der Waals surface area contributed by atoms with Crippen LogP contribution < -0.4 is 24.4 Å². The van der Waals surface area contributed by atoms with Crippen molar-refractivity contribution < 1.29 is 23.4 Å². The Hall–Kier alpha value is -4.47. The van der Waals surface area contributed by atoms with E-state index in [1.54, 1.807) is 31.2 Å². The average molecular weight is 605 g/mol. The molecule has 10 heteroatoms. The molecule has 0 bridgehead atoms. The van der Waals surface area contributed by atoms with Crippen LogP contribution in [-0.4, -0.2) is 24.3 Å². The van der Waals surface area contributed by atoms with E-state index in [0.717, 1.165) is 16.9 Å². The predicted octanol–water partition coefficient (Wildman–Crippen LogP) is 5.34. The van der Waals surface area contributed by atoms with Gasteiger partial charge >= 0.3 is 5.97 Å². The summed E-state index contributed by atoms with van der Waals surface area (Å²) in [4.78, 5) is 32.1. The molecule has 0 spiro atoms. The molecule has 0 N–H and O–H groups in total. The van der Waals surface area contributed by atoms with E-state index < -0.39 is 23.4 Å². The number of halogens is 2. The molecule has 7 nitrogen and oxygen atoms in total. The highest BCUT2D eigenvalue weighted by atomic mass is 35.5. The van der Waals surface area contributed by atoms with Gasteiger partial charge in [-0.05, 0) is 48.4 Å². The number of methoxy groups -OCH3 is 1. The van der Waals surface area contributed by atoms with Gasteiger partial charge in [-0.25, -0.2) is 14.2 Å². The molecular weight excluding hydrogens is 579 g/mol. The summed E-state index contributed by atoms with van der Waals surface area (Å²) in [5.41, 5.74) is 1.73. The monoisotopic (exact) mass is 604 g/mol. The summed E-state index contributed by atoms with van der Waals surface area (Å²) in [5, 5.41) is 0.165. The first-order valence-corrected chi connectivity index (χ1v) is 14.1. The van der Waals surface area contributed by atoms with Crippen molar-refractivity contribution >= 4 is 35.0 Å². The maximum Gasteiger partial charge on any atom is 0.338 e. The maximum absolute atomic E-state index is 14.6. The van der Waals surface area contributed by atoms with Crippen molar-refractivity contribution in [2.24, 2.45) is 4.99 Å². The molecule has 0 radical (unpaired) electrons. The van der Waals surface area contributed by atoms with Crippen LogP contribution in [0.4, 0.5) is 4.39 Å². The number of allylic oxidation sites excluding steroid dienone is 1. The van der Waals surface area contributed by atoms with E-state index in [1.807, 2.05) is 30.3 Å². The van der Waals surface area contributed by atoms with Crippen LogP contribution in [0, 0.1) is 5.82 Å². The predicted molar refractivity (Wildman–Crippen MR) is 160 cm³/mol. The Morgan fingerprint density at radius 1 is 1.14 bits per heavy atom. The Morgan fingerprint density at radius 3 is 2.64 bits per heavy atom. The number of hydrogen-bond acceptors (Lipinski definition) is 7. The van der Waals surface area contributed by atoms with Crippen LogP contribution in [0.1, 0.15) is 29.7 Å². The van der Waals surface area contributed by atoms with E-state index in [0.29, 0.717) is 34.2 Å². The molecule has 0 aliphatic carbocycles. The van der Waals surface area contributed by atoms with Crippen LogP contribution in [0.5, 0.6) is 11.5 Å². The number of hydrogen-bond donors (Lipinski definition) is 0. The third kappa shape index (κ3) is 5.79. The maximum atomic E-state index is 14.6. The summed E-state index contributed by atoms with van der Waals surface area (Å²) in [5.74, 6) is -0.304. The third-order valence-corrected chi connectivity index (χ3v) is 7.90. The normalized spacial score (nSPS) is 14.7. The minimum absolute atomic E-state index is 0.0197. The average Bonchev–Trinajstić information content (AvgIpc) is 3.30. The zero-order valence-electron chi connectivity index (χ0n) is 22.8. The highest BCUT2D eigenvalue weighted by molar-refractivity contribution is 7.07. The standard InChI is InChI=1S/C32H26ClFN2O5S/c1-4-15-40-31(38)28-19(2)35-32-36(30(37)27(42-32)17-22-23(33)11-8-12-24(22)34)29(28)21-13-14-25(26(16-21)39-3)41-18-20-9-6-5-7-10-20/h4-14,16-17,29H,1,15,18H2,2-3H3/b27-17-. The van der Waals surface area contributed by atoms with Crippen LogP contribution in [0.25, 0.3) is 6.08 Å². The Balaban J connectivity index is 1.64. The van der Waals surface area contributed by atoms with Crippen molar-refractivity contribution in [3.8, 4) is 11.5 Å².